The molecule has 0 heterocycles. The Labute approximate surface area is 87.3 Å². The number of ether oxygens (including phenoxy) is 1. The van der Waals surface area contributed by atoms with E-state index < -0.39 is 17.8 Å². The number of halogens is 1. The first-order valence-electron chi connectivity index (χ1n) is 4.35. The molecule has 0 aliphatic rings. The Balaban J connectivity index is 2.95. The van der Waals surface area contributed by atoms with Gasteiger partial charge in [-0.1, -0.05) is 24.8 Å². The number of esters is 1. The molecule has 1 aromatic carbocycles. The lowest BCUT2D eigenvalue weighted by atomic mass is 10.0. The quantitative estimate of drug-likeness (QED) is 0.607. The van der Waals surface area contributed by atoms with Crippen LogP contribution in [0, 0.1) is 5.82 Å². The topological polar surface area (TPSA) is 52.3 Å². The van der Waals surface area contributed by atoms with E-state index in [9.17, 15) is 9.18 Å². The highest BCUT2D eigenvalue weighted by Gasteiger charge is 2.19. The van der Waals surface area contributed by atoms with Gasteiger partial charge in [0, 0.05) is 5.56 Å². The Bertz CT molecular complexity index is 390. The number of carbonyl (C=O) groups is 1. The van der Waals surface area contributed by atoms with E-state index in [-0.39, 0.29) is 11.1 Å². The van der Waals surface area contributed by atoms with Gasteiger partial charge in [-0.25, -0.2) is 9.18 Å². The standard InChI is InChI=1S/C11H12FNO2/c1-7(11(14)15-2)10(13)8-5-3-4-6-9(8)12/h3-6,10H,1,13H2,2H3. The molecule has 0 amide bonds. The van der Waals surface area contributed by atoms with Crippen LogP contribution in [0.25, 0.3) is 0 Å². The average molecular weight is 209 g/mol. The van der Waals surface area contributed by atoms with Crippen LogP contribution in [-0.4, -0.2) is 13.1 Å². The van der Waals surface area contributed by atoms with Crippen molar-refractivity contribution in [3.63, 3.8) is 0 Å². The monoisotopic (exact) mass is 209 g/mol. The van der Waals surface area contributed by atoms with E-state index in [1.165, 1.54) is 19.2 Å². The van der Waals surface area contributed by atoms with Gasteiger partial charge in [-0.3, -0.25) is 0 Å². The zero-order valence-electron chi connectivity index (χ0n) is 8.37. The van der Waals surface area contributed by atoms with Crippen LogP contribution in [0.2, 0.25) is 0 Å². The second-order valence-electron chi connectivity index (χ2n) is 3.02. The molecule has 0 aliphatic carbocycles. The molecule has 1 atom stereocenters. The van der Waals surface area contributed by atoms with Crippen molar-refractivity contribution in [1.82, 2.24) is 0 Å². The average Bonchev–Trinajstić information content (AvgIpc) is 2.26. The van der Waals surface area contributed by atoms with Crippen LogP contribution in [0.15, 0.2) is 36.4 Å². The lowest BCUT2D eigenvalue weighted by molar-refractivity contribution is -0.136. The van der Waals surface area contributed by atoms with Gasteiger partial charge in [0.15, 0.2) is 0 Å². The van der Waals surface area contributed by atoms with Crippen molar-refractivity contribution in [2.24, 2.45) is 5.73 Å². The zero-order chi connectivity index (χ0) is 11.4. The predicted octanol–water partition coefficient (Wildman–Crippen LogP) is 1.55. The van der Waals surface area contributed by atoms with Gasteiger partial charge in [0.2, 0.25) is 0 Å². The molecule has 1 unspecified atom stereocenters. The van der Waals surface area contributed by atoms with Crippen LogP contribution in [0.5, 0.6) is 0 Å². The van der Waals surface area contributed by atoms with Crippen molar-refractivity contribution >= 4 is 5.97 Å². The van der Waals surface area contributed by atoms with Crippen LogP contribution >= 0.6 is 0 Å². The lowest BCUT2D eigenvalue weighted by Gasteiger charge is -2.13. The first-order valence-corrected chi connectivity index (χ1v) is 4.35. The predicted molar refractivity (Wildman–Crippen MR) is 54.5 cm³/mol. The summed E-state index contributed by atoms with van der Waals surface area (Å²) in [5.74, 6) is -1.10. The molecular weight excluding hydrogens is 197 g/mol. The summed E-state index contributed by atoms with van der Waals surface area (Å²) >= 11 is 0. The fraction of sp³-hybridized carbons (Fsp3) is 0.182. The summed E-state index contributed by atoms with van der Waals surface area (Å²) in [5.41, 5.74) is 5.94. The van der Waals surface area contributed by atoms with Crippen molar-refractivity contribution < 1.29 is 13.9 Å². The molecule has 4 heteroatoms. The molecule has 2 N–H and O–H groups in total. The number of rotatable bonds is 3. The van der Waals surface area contributed by atoms with Gasteiger partial charge >= 0.3 is 5.97 Å². The summed E-state index contributed by atoms with van der Waals surface area (Å²) in [7, 11) is 1.22. The van der Waals surface area contributed by atoms with Gasteiger partial charge in [-0.05, 0) is 6.07 Å². The number of nitrogens with two attached hydrogens (primary N) is 1. The zero-order valence-corrected chi connectivity index (χ0v) is 8.37. The third-order valence-electron chi connectivity index (χ3n) is 2.06. The Hall–Kier alpha value is -1.68. The number of benzene rings is 1. The third kappa shape index (κ3) is 2.41. The molecule has 0 bridgehead atoms. The van der Waals surface area contributed by atoms with E-state index in [0.717, 1.165) is 0 Å². The van der Waals surface area contributed by atoms with E-state index in [4.69, 9.17) is 5.73 Å². The third-order valence-corrected chi connectivity index (χ3v) is 2.06. The fourth-order valence-corrected chi connectivity index (χ4v) is 1.17. The minimum absolute atomic E-state index is 0.0302. The van der Waals surface area contributed by atoms with Crippen LogP contribution in [-0.2, 0) is 9.53 Å². The summed E-state index contributed by atoms with van der Waals surface area (Å²) in [5, 5.41) is 0. The summed E-state index contributed by atoms with van der Waals surface area (Å²) in [4.78, 5) is 11.1. The minimum Gasteiger partial charge on any atom is -0.466 e. The molecule has 3 nitrogen and oxygen atoms in total. The number of carbonyl (C=O) groups excluding carboxylic acids is 1. The molecule has 0 aromatic heterocycles. The highest BCUT2D eigenvalue weighted by Crippen LogP contribution is 2.21. The van der Waals surface area contributed by atoms with Crippen molar-refractivity contribution in [2.75, 3.05) is 7.11 Å². The number of methoxy groups -OCH3 is 1. The van der Waals surface area contributed by atoms with Crippen LogP contribution in [0.3, 0.4) is 0 Å². The van der Waals surface area contributed by atoms with Gasteiger partial charge in [0.1, 0.15) is 5.82 Å². The SMILES string of the molecule is C=C(C(=O)OC)C(N)c1ccccc1F. The number of hydrogen-bond donors (Lipinski definition) is 1. The van der Waals surface area contributed by atoms with Crippen LogP contribution in [0.1, 0.15) is 11.6 Å². The molecule has 0 saturated carbocycles. The molecule has 1 rings (SSSR count). The molecule has 0 saturated heterocycles. The summed E-state index contributed by atoms with van der Waals surface area (Å²) in [6.07, 6.45) is 0. The van der Waals surface area contributed by atoms with Gasteiger partial charge in [0.25, 0.3) is 0 Å². The van der Waals surface area contributed by atoms with Crippen molar-refractivity contribution in [3.05, 3.63) is 47.8 Å². The van der Waals surface area contributed by atoms with E-state index in [1.54, 1.807) is 12.1 Å². The van der Waals surface area contributed by atoms with Gasteiger partial charge in [-0.15, -0.1) is 0 Å². The van der Waals surface area contributed by atoms with Gasteiger partial charge < -0.3 is 10.5 Å². The second-order valence-corrected chi connectivity index (χ2v) is 3.02. The van der Waals surface area contributed by atoms with Gasteiger partial charge in [0.05, 0.1) is 18.7 Å². The largest absolute Gasteiger partial charge is 0.466 e. The van der Waals surface area contributed by atoms with Crippen molar-refractivity contribution in [3.8, 4) is 0 Å². The van der Waals surface area contributed by atoms with Crippen molar-refractivity contribution in [2.45, 2.75) is 6.04 Å². The molecule has 0 spiro atoms. The maximum Gasteiger partial charge on any atom is 0.335 e. The molecule has 15 heavy (non-hydrogen) atoms. The van der Waals surface area contributed by atoms with Crippen LogP contribution in [0.4, 0.5) is 4.39 Å². The van der Waals surface area contributed by atoms with E-state index in [1.807, 2.05) is 0 Å². The molecule has 0 radical (unpaired) electrons. The Morgan fingerprint density at radius 1 is 1.53 bits per heavy atom. The summed E-state index contributed by atoms with van der Waals surface area (Å²) < 4.78 is 17.7. The minimum atomic E-state index is -0.876. The normalized spacial score (nSPS) is 11.9. The van der Waals surface area contributed by atoms with E-state index in [0.29, 0.717) is 0 Å². The maximum atomic E-state index is 13.3. The first kappa shape index (κ1) is 11.4. The smallest absolute Gasteiger partial charge is 0.335 e. The Kier molecular flexibility index (Phi) is 3.57. The fourth-order valence-electron chi connectivity index (χ4n) is 1.17. The van der Waals surface area contributed by atoms with Crippen LogP contribution < -0.4 is 5.73 Å². The Morgan fingerprint density at radius 3 is 2.67 bits per heavy atom. The second kappa shape index (κ2) is 4.70. The maximum absolute atomic E-state index is 13.3. The molecule has 0 aliphatic heterocycles. The number of hydrogen-bond acceptors (Lipinski definition) is 3. The highest BCUT2D eigenvalue weighted by atomic mass is 19.1. The molecule has 0 fully saturated rings. The lowest BCUT2D eigenvalue weighted by Crippen LogP contribution is -2.20. The highest BCUT2D eigenvalue weighted by molar-refractivity contribution is 5.89. The van der Waals surface area contributed by atoms with E-state index >= 15 is 0 Å². The Morgan fingerprint density at radius 2 is 2.13 bits per heavy atom. The van der Waals surface area contributed by atoms with Crippen molar-refractivity contribution in [1.29, 1.82) is 0 Å². The van der Waals surface area contributed by atoms with E-state index in [2.05, 4.69) is 11.3 Å². The van der Waals surface area contributed by atoms with Gasteiger partial charge in [-0.2, -0.15) is 0 Å². The summed E-state index contributed by atoms with van der Waals surface area (Å²) in [6, 6.07) is 5.10. The molecular formula is C11H12FNO2. The molecule has 80 valence electrons. The first-order chi connectivity index (χ1) is 7.07. The summed E-state index contributed by atoms with van der Waals surface area (Å²) in [6.45, 7) is 3.48. The molecule has 1 aromatic rings.